The number of pyridine rings is 1. The van der Waals surface area contributed by atoms with Crippen molar-refractivity contribution >= 4 is 0 Å². The van der Waals surface area contributed by atoms with Gasteiger partial charge in [0.1, 0.15) is 0 Å². The summed E-state index contributed by atoms with van der Waals surface area (Å²) in [5.74, 6) is 0.762. The molecule has 0 aliphatic heterocycles. The van der Waals surface area contributed by atoms with Crippen LogP contribution in [0.25, 0.3) is 0 Å². The summed E-state index contributed by atoms with van der Waals surface area (Å²) in [5.41, 5.74) is 2.61. The number of nitriles is 1. The molecular formula is C15H12N6. The molecule has 0 amide bonds. The maximum absolute atomic E-state index is 8.80. The van der Waals surface area contributed by atoms with Gasteiger partial charge in [-0.3, -0.25) is 4.98 Å². The number of benzene rings is 1. The minimum atomic E-state index is 0.570. The average Bonchev–Trinajstić information content (AvgIpc) is 2.96. The van der Waals surface area contributed by atoms with E-state index in [4.69, 9.17) is 5.26 Å². The standard InChI is InChI=1S/C15H12N6/c16-10-12-4-6-13(7-5-12)11-21-15(18-19-20-21)9-14-3-1-2-8-17-14/h1-8H,9,11H2. The largest absolute Gasteiger partial charge is 0.261 e. The molecule has 0 bridgehead atoms. The van der Waals surface area contributed by atoms with E-state index >= 15 is 0 Å². The predicted octanol–water partition coefficient (Wildman–Crippen LogP) is 1.58. The quantitative estimate of drug-likeness (QED) is 0.722. The minimum absolute atomic E-state index is 0.570. The van der Waals surface area contributed by atoms with Crippen molar-refractivity contribution in [3.8, 4) is 6.07 Å². The summed E-state index contributed by atoms with van der Waals surface area (Å²) in [6.45, 7) is 0.570. The van der Waals surface area contributed by atoms with Gasteiger partial charge >= 0.3 is 0 Å². The molecular weight excluding hydrogens is 264 g/mol. The first-order valence-corrected chi connectivity index (χ1v) is 6.49. The molecule has 6 nitrogen and oxygen atoms in total. The second kappa shape index (κ2) is 5.92. The summed E-state index contributed by atoms with van der Waals surface area (Å²) in [4.78, 5) is 4.28. The Labute approximate surface area is 121 Å². The molecule has 0 spiro atoms. The molecule has 0 saturated heterocycles. The molecule has 0 fully saturated rings. The molecule has 0 aliphatic rings. The van der Waals surface area contributed by atoms with E-state index in [9.17, 15) is 0 Å². The summed E-state index contributed by atoms with van der Waals surface area (Å²) < 4.78 is 1.75. The molecule has 102 valence electrons. The van der Waals surface area contributed by atoms with Crippen LogP contribution in [0.15, 0.2) is 48.7 Å². The van der Waals surface area contributed by atoms with Crippen LogP contribution in [0, 0.1) is 11.3 Å². The Morgan fingerprint density at radius 3 is 2.67 bits per heavy atom. The fourth-order valence-electron chi connectivity index (χ4n) is 1.99. The smallest absolute Gasteiger partial charge is 0.157 e. The SMILES string of the molecule is N#Cc1ccc(Cn2nnnc2Cc2ccccn2)cc1. The number of hydrogen-bond acceptors (Lipinski definition) is 5. The van der Waals surface area contributed by atoms with E-state index in [0.717, 1.165) is 17.1 Å². The molecule has 3 rings (SSSR count). The highest BCUT2D eigenvalue weighted by atomic mass is 15.5. The Balaban J connectivity index is 1.77. The lowest BCUT2D eigenvalue weighted by atomic mass is 10.1. The lowest BCUT2D eigenvalue weighted by Crippen LogP contribution is -2.08. The van der Waals surface area contributed by atoms with Crippen LogP contribution in [0.2, 0.25) is 0 Å². The average molecular weight is 276 g/mol. The van der Waals surface area contributed by atoms with Crippen molar-refractivity contribution < 1.29 is 0 Å². The van der Waals surface area contributed by atoms with Crippen molar-refractivity contribution in [1.29, 1.82) is 5.26 Å². The van der Waals surface area contributed by atoms with E-state index < -0.39 is 0 Å². The minimum Gasteiger partial charge on any atom is -0.261 e. The zero-order chi connectivity index (χ0) is 14.5. The summed E-state index contributed by atoms with van der Waals surface area (Å²) in [7, 11) is 0. The summed E-state index contributed by atoms with van der Waals surface area (Å²) >= 11 is 0. The Morgan fingerprint density at radius 1 is 1.10 bits per heavy atom. The van der Waals surface area contributed by atoms with E-state index in [0.29, 0.717) is 18.5 Å². The lowest BCUT2D eigenvalue weighted by molar-refractivity contribution is 0.623. The highest BCUT2D eigenvalue weighted by molar-refractivity contribution is 5.31. The highest BCUT2D eigenvalue weighted by Crippen LogP contribution is 2.08. The fraction of sp³-hybridized carbons (Fsp3) is 0.133. The van der Waals surface area contributed by atoms with E-state index in [1.54, 1.807) is 23.0 Å². The van der Waals surface area contributed by atoms with Crippen molar-refractivity contribution in [3.63, 3.8) is 0 Å². The zero-order valence-electron chi connectivity index (χ0n) is 11.2. The van der Waals surface area contributed by atoms with E-state index in [-0.39, 0.29) is 0 Å². The van der Waals surface area contributed by atoms with Gasteiger partial charge in [0, 0.05) is 11.9 Å². The van der Waals surface area contributed by atoms with Gasteiger partial charge in [-0.2, -0.15) is 5.26 Å². The molecule has 1 aromatic carbocycles. The number of hydrogen-bond donors (Lipinski definition) is 0. The summed E-state index contributed by atoms with van der Waals surface area (Å²) in [6.07, 6.45) is 2.34. The topological polar surface area (TPSA) is 80.3 Å². The van der Waals surface area contributed by atoms with Crippen LogP contribution in [0.5, 0.6) is 0 Å². The molecule has 0 N–H and O–H groups in total. The van der Waals surface area contributed by atoms with Gasteiger partial charge in [-0.25, -0.2) is 4.68 Å². The second-order valence-electron chi connectivity index (χ2n) is 4.56. The monoisotopic (exact) mass is 276 g/mol. The molecule has 0 saturated carbocycles. The molecule has 0 aliphatic carbocycles. The molecule has 0 radical (unpaired) electrons. The molecule has 0 atom stereocenters. The van der Waals surface area contributed by atoms with Crippen LogP contribution in [-0.4, -0.2) is 25.2 Å². The molecule has 6 heteroatoms. The first-order chi connectivity index (χ1) is 10.3. The van der Waals surface area contributed by atoms with Crippen molar-refractivity contribution in [2.75, 3.05) is 0 Å². The highest BCUT2D eigenvalue weighted by Gasteiger charge is 2.08. The molecule has 0 unspecified atom stereocenters. The Kier molecular flexibility index (Phi) is 3.65. The van der Waals surface area contributed by atoms with E-state index in [1.165, 1.54) is 0 Å². The second-order valence-corrected chi connectivity index (χ2v) is 4.56. The normalized spacial score (nSPS) is 10.2. The van der Waals surface area contributed by atoms with Crippen LogP contribution in [0.3, 0.4) is 0 Å². The van der Waals surface area contributed by atoms with Crippen molar-refractivity contribution in [2.24, 2.45) is 0 Å². The number of aromatic nitrogens is 5. The Morgan fingerprint density at radius 2 is 1.95 bits per heavy atom. The van der Waals surface area contributed by atoms with Gasteiger partial charge in [0.05, 0.1) is 24.6 Å². The van der Waals surface area contributed by atoms with Gasteiger partial charge in [-0.15, -0.1) is 5.10 Å². The third kappa shape index (κ3) is 3.09. The molecule has 2 heterocycles. The number of tetrazole rings is 1. The predicted molar refractivity (Wildman–Crippen MR) is 75.1 cm³/mol. The van der Waals surface area contributed by atoms with Gasteiger partial charge < -0.3 is 0 Å². The Hall–Kier alpha value is -3.07. The van der Waals surface area contributed by atoms with Crippen LogP contribution in [0.1, 0.15) is 22.6 Å². The van der Waals surface area contributed by atoms with Gasteiger partial charge in [0.25, 0.3) is 0 Å². The van der Waals surface area contributed by atoms with Crippen LogP contribution < -0.4 is 0 Å². The van der Waals surface area contributed by atoms with Crippen LogP contribution in [-0.2, 0) is 13.0 Å². The first kappa shape index (κ1) is 12.9. The van der Waals surface area contributed by atoms with Gasteiger partial charge in [-0.05, 0) is 40.3 Å². The van der Waals surface area contributed by atoms with Crippen LogP contribution in [0.4, 0.5) is 0 Å². The summed E-state index contributed by atoms with van der Waals surface area (Å²) in [6, 6.07) is 15.3. The lowest BCUT2D eigenvalue weighted by Gasteiger charge is -2.04. The summed E-state index contributed by atoms with van der Waals surface area (Å²) in [5, 5.41) is 20.6. The fourth-order valence-corrected chi connectivity index (χ4v) is 1.99. The van der Waals surface area contributed by atoms with Gasteiger partial charge in [0.2, 0.25) is 0 Å². The van der Waals surface area contributed by atoms with E-state index in [1.807, 2.05) is 30.3 Å². The number of nitrogens with zero attached hydrogens (tertiary/aromatic N) is 6. The van der Waals surface area contributed by atoms with Gasteiger partial charge in [0.15, 0.2) is 5.82 Å². The first-order valence-electron chi connectivity index (χ1n) is 6.49. The van der Waals surface area contributed by atoms with Crippen molar-refractivity contribution in [1.82, 2.24) is 25.2 Å². The Bertz CT molecular complexity index is 755. The molecule has 3 aromatic rings. The third-order valence-corrected chi connectivity index (χ3v) is 3.09. The molecule has 21 heavy (non-hydrogen) atoms. The van der Waals surface area contributed by atoms with E-state index in [2.05, 4.69) is 26.6 Å². The maximum Gasteiger partial charge on any atom is 0.157 e. The maximum atomic E-state index is 8.80. The van der Waals surface area contributed by atoms with Crippen molar-refractivity contribution in [3.05, 3.63) is 71.3 Å². The zero-order valence-corrected chi connectivity index (χ0v) is 11.2. The molecule has 2 aromatic heterocycles. The van der Waals surface area contributed by atoms with Gasteiger partial charge in [-0.1, -0.05) is 18.2 Å². The third-order valence-electron chi connectivity index (χ3n) is 3.09. The van der Waals surface area contributed by atoms with Crippen molar-refractivity contribution in [2.45, 2.75) is 13.0 Å². The number of rotatable bonds is 4. The van der Waals surface area contributed by atoms with Crippen LogP contribution >= 0.6 is 0 Å².